The van der Waals surface area contributed by atoms with Crippen molar-refractivity contribution in [3.63, 3.8) is 0 Å². The fourth-order valence-corrected chi connectivity index (χ4v) is 4.96. The lowest BCUT2D eigenvalue weighted by molar-refractivity contribution is -0.110. The van der Waals surface area contributed by atoms with Gasteiger partial charge in [-0.3, -0.25) is 9.59 Å². The molecule has 0 saturated carbocycles. The van der Waals surface area contributed by atoms with Crippen LogP contribution in [-0.2, 0) is 4.79 Å². The molecule has 1 atom stereocenters. The van der Waals surface area contributed by atoms with Crippen molar-refractivity contribution < 1.29 is 9.59 Å². The predicted octanol–water partition coefficient (Wildman–Crippen LogP) is 6.42. The van der Waals surface area contributed by atoms with E-state index in [9.17, 15) is 9.59 Å². The van der Waals surface area contributed by atoms with E-state index in [1.165, 1.54) is 0 Å². The predicted molar refractivity (Wildman–Crippen MR) is 171 cm³/mol. The van der Waals surface area contributed by atoms with Crippen molar-refractivity contribution in [3.05, 3.63) is 125 Å². The molecule has 0 aromatic heterocycles. The molecule has 5 rings (SSSR count). The van der Waals surface area contributed by atoms with Crippen LogP contribution in [0.3, 0.4) is 0 Å². The van der Waals surface area contributed by atoms with Crippen molar-refractivity contribution in [3.8, 4) is 0 Å². The lowest BCUT2D eigenvalue weighted by atomic mass is 9.98. The Morgan fingerprint density at radius 2 is 1.51 bits per heavy atom. The number of nitrogens with one attached hydrogen (secondary N) is 5. The molecular formula is C33H31N5O2S. The van der Waals surface area contributed by atoms with Crippen LogP contribution in [0.5, 0.6) is 0 Å². The van der Waals surface area contributed by atoms with E-state index in [1.54, 1.807) is 18.2 Å². The molecule has 0 bridgehead atoms. The van der Waals surface area contributed by atoms with Crippen molar-refractivity contribution in [2.75, 3.05) is 22.5 Å². The maximum Gasteiger partial charge on any atom is 0.258 e. The molecule has 1 heterocycles. The van der Waals surface area contributed by atoms with E-state index in [-0.39, 0.29) is 17.9 Å². The molecule has 2 amide bonds. The molecule has 4 aromatic rings. The van der Waals surface area contributed by atoms with Crippen LogP contribution < -0.4 is 26.6 Å². The van der Waals surface area contributed by atoms with Crippen molar-refractivity contribution in [1.82, 2.24) is 10.6 Å². The van der Waals surface area contributed by atoms with E-state index in [4.69, 9.17) is 12.2 Å². The third-order valence-corrected chi connectivity index (χ3v) is 6.96. The Morgan fingerprint density at radius 1 is 0.829 bits per heavy atom. The van der Waals surface area contributed by atoms with Gasteiger partial charge >= 0.3 is 0 Å². The molecule has 206 valence electrons. The largest absolute Gasteiger partial charge is 0.363 e. The average molecular weight is 562 g/mol. The van der Waals surface area contributed by atoms with E-state index >= 15 is 0 Å². The zero-order valence-corrected chi connectivity index (χ0v) is 23.6. The Kier molecular flexibility index (Phi) is 8.41. The Bertz CT molecular complexity index is 1620. The zero-order chi connectivity index (χ0) is 28.8. The van der Waals surface area contributed by atoms with Crippen LogP contribution in [0.15, 0.2) is 103 Å². The Hall–Kier alpha value is -4.95. The third-order valence-electron chi connectivity index (χ3n) is 6.71. The van der Waals surface area contributed by atoms with Crippen LogP contribution in [0.4, 0.5) is 17.1 Å². The summed E-state index contributed by atoms with van der Waals surface area (Å²) >= 11 is 5.34. The van der Waals surface area contributed by atoms with Crippen LogP contribution in [0.2, 0.25) is 0 Å². The topological polar surface area (TPSA) is 94.3 Å². The molecule has 0 saturated heterocycles. The quantitative estimate of drug-likeness (QED) is 0.126. The molecule has 1 aliphatic rings. The molecule has 0 spiro atoms. The van der Waals surface area contributed by atoms with Crippen molar-refractivity contribution in [2.24, 2.45) is 0 Å². The smallest absolute Gasteiger partial charge is 0.258 e. The van der Waals surface area contributed by atoms with Crippen LogP contribution >= 0.6 is 12.2 Å². The maximum atomic E-state index is 13.4. The summed E-state index contributed by atoms with van der Waals surface area (Å²) in [4.78, 5) is 26.7. The number of benzene rings is 4. The summed E-state index contributed by atoms with van der Waals surface area (Å²) in [6.45, 7) is 4.64. The number of carbonyl (C=O) groups excluding carboxylic acids is 2. The normalized spacial score (nSPS) is 13.9. The van der Waals surface area contributed by atoms with Crippen LogP contribution in [0, 0.1) is 0 Å². The molecule has 1 aliphatic heterocycles. The van der Waals surface area contributed by atoms with E-state index in [0.717, 1.165) is 22.5 Å². The second-order valence-electron chi connectivity index (χ2n) is 9.63. The van der Waals surface area contributed by atoms with Crippen molar-refractivity contribution in [1.29, 1.82) is 0 Å². The highest BCUT2D eigenvalue weighted by molar-refractivity contribution is 7.80. The summed E-state index contributed by atoms with van der Waals surface area (Å²) in [6.07, 6.45) is 0. The Balaban J connectivity index is 1.51. The third kappa shape index (κ3) is 6.45. The van der Waals surface area contributed by atoms with Crippen molar-refractivity contribution in [2.45, 2.75) is 19.9 Å². The number of rotatable bonds is 8. The monoisotopic (exact) mass is 561 g/mol. The standard InChI is InChI=1S/C33H31N5O2S/c1-3-34-33(41)37-26-16-10-15-25(20-26)36-30(23-13-8-5-9-14-23)29-27-19-24(17-18-28(27)38-32(29)40)31(39)35-21(2)22-11-6-4-7-12-22/h4-21,36H,3H2,1-2H3,(H,35,39)(H,38,40)(H2,34,37,41)/t21-/m0/s1. The van der Waals surface area contributed by atoms with Gasteiger partial charge in [-0.25, -0.2) is 0 Å². The van der Waals surface area contributed by atoms with Gasteiger partial charge in [-0.2, -0.15) is 0 Å². The molecule has 41 heavy (non-hydrogen) atoms. The van der Waals surface area contributed by atoms with Crippen LogP contribution in [0.25, 0.3) is 11.3 Å². The minimum atomic E-state index is -0.246. The number of thiocarbonyl (C=S) groups is 1. The van der Waals surface area contributed by atoms with E-state index in [1.807, 2.05) is 98.8 Å². The van der Waals surface area contributed by atoms with Gasteiger partial charge in [0.2, 0.25) is 0 Å². The molecule has 5 N–H and O–H groups in total. The maximum absolute atomic E-state index is 13.4. The molecule has 8 heteroatoms. The Labute approximate surface area is 245 Å². The van der Waals surface area contributed by atoms with Gasteiger partial charge in [0.05, 0.1) is 17.3 Å². The highest BCUT2D eigenvalue weighted by Crippen LogP contribution is 2.38. The lowest BCUT2D eigenvalue weighted by Gasteiger charge is -2.17. The molecule has 4 aromatic carbocycles. The summed E-state index contributed by atoms with van der Waals surface area (Å²) in [5.74, 6) is -0.461. The van der Waals surface area contributed by atoms with Gasteiger partial charge in [0.25, 0.3) is 11.8 Å². The van der Waals surface area contributed by atoms with Crippen LogP contribution in [-0.4, -0.2) is 23.5 Å². The highest BCUT2D eigenvalue weighted by Gasteiger charge is 2.29. The van der Waals surface area contributed by atoms with Crippen LogP contribution in [0.1, 0.15) is 46.9 Å². The SMILES string of the molecule is CCNC(=S)Nc1cccc(NC(=C2C(=O)Nc3ccc(C(=O)N[C@@H](C)c4ccccc4)cc32)c2ccccc2)c1. The summed E-state index contributed by atoms with van der Waals surface area (Å²) in [5, 5.41) is 16.3. The van der Waals surface area contributed by atoms with Gasteiger partial charge in [-0.05, 0) is 73.6 Å². The van der Waals surface area contributed by atoms with Gasteiger partial charge in [-0.1, -0.05) is 66.7 Å². The first kappa shape index (κ1) is 27.6. The summed E-state index contributed by atoms with van der Waals surface area (Å²) in [7, 11) is 0. The second kappa shape index (κ2) is 12.5. The van der Waals surface area contributed by atoms with Gasteiger partial charge in [0.1, 0.15) is 0 Å². The first-order valence-corrected chi connectivity index (χ1v) is 13.9. The Morgan fingerprint density at radius 3 is 2.22 bits per heavy atom. The molecule has 0 aliphatic carbocycles. The number of hydrogen-bond acceptors (Lipinski definition) is 4. The minimum absolute atomic E-state index is 0.172. The zero-order valence-electron chi connectivity index (χ0n) is 22.8. The number of hydrogen-bond donors (Lipinski definition) is 5. The molecule has 0 radical (unpaired) electrons. The van der Waals surface area contributed by atoms with Gasteiger partial charge in [0.15, 0.2) is 5.11 Å². The second-order valence-corrected chi connectivity index (χ2v) is 10.0. The molecular weight excluding hydrogens is 530 g/mol. The fraction of sp³-hybridized carbons (Fsp3) is 0.121. The summed E-state index contributed by atoms with van der Waals surface area (Å²) < 4.78 is 0. The number of amides is 2. The molecule has 7 nitrogen and oxygen atoms in total. The molecule has 0 unspecified atom stereocenters. The van der Waals surface area contributed by atoms with E-state index in [0.29, 0.717) is 39.7 Å². The van der Waals surface area contributed by atoms with E-state index in [2.05, 4.69) is 26.6 Å². The summed E-state index contributed by atoms with van der Waals surface area (Å²) in [6, 6.07) is 32.2. The van der Waals surface area contributed by atoms with Gasteiger partial charge in [-0.15, -0.1) is 0 Å². The summed E-state index contributed by atoms with van der Waals surface area (Å²) in [5.41, 5.74) is 6.28. The van der Waals surface area contributed by atoms with E-state index < -0.39 is 0 Å². The molecule has 0 fully saturated rings. The fourth-order valence-electron chi connectivity index (χ4n) is 4.70. The number of carbonyl (C=O) groups is 2. The van der Waals surface area contributed by atoms with Gasteiger partial charge in [0, 0.05) is 34.7 Å². The number of fused-ring (bicyclic) bond motifs is 1. The minimum Gasteiger partial charge on any atom is -0.363 e. The van der Waals surface area contributed by atoms with Crippen molar-refractivity contribution >= 4 is 57.5 Å². The average Bonchev–Trinajstić information content (AvgIpc) is 3.31. The van der Waals surface area contributed by atoms with Gasteiger partial charge < -0.3 is 26.6 Å². The lowest BCUT2D eigenvalue weighted by Crippen LogP contribution is -2.27. The first-order valence-electron chi connectivity index (χ1n) is 13.5. The highest BCUT2D eigenvalue weighted by atomic mass is 32.1. The number of anilines is 3. The first-order chi connectivity index (χ1) is 19.9.